The molecule has 0 fully saturated rings. The third-order valence-electron chi connectivity index (χ3n) is 2.33. The number of alkyl halides is 3. The number of hydrogen-bond acceptors (Lipinski definition) is 2. The molecule has 1 aromatic carbocycles. The number of nitrogen functional groups attached to an aromatic ring is 1. The van der Waals surface area contributed by atoms with Crippen molar-refractivity contribution in [1.29, 1.82) is 0 Å². The van der Waals surface area contributed by atoms with E-state index in [1.807, 2.05) is 0 Å². The van der Waals surface area contributed by atoms with Crippen LogP contribution in [0.25, 0.3) is 0 Å². The molecule has 0 spiro atoms. The van der Waals surface area contributed by atoms with E-state index in [1.54, 1.807) is 12.1 Å². The zero-order valence-electron chi connectivity index (χ0n) is 9.61. The fraction of sp³-hybridized carbons (Fsp3) is 0.455. The topological polar surface area (TPSA) is 38.0 Å². The summed E-state index contributed by atoms with van der Waals surface area (Å²) in [6.45, 7) is 1.71. The number of hydrogen-bond donors (Lipinski definition) is 2. The highest BCUT2D eigenvalue weighted by atomic mass is 35.5. The Labute approximate surface area is 113 Å². The van der Waals surface area contributed by atoms with E-state index < -0.39 is 18.6 Å². The molecule has 0 saturated carbocycles. The van der Waals surface area contributed by atoms with Crippen LogP contribution in [-0.4, -0.2) is 12.2 Å². The van der Waals surface area contributed by atoms with Gasteiger partial charge in [-0.15, -0.1) is 0 Å². The molecular formula is C11H13Cl2F3N2. The maximum atomic E-state index is 12.1. The fourth-order valence-corrected chi connectivity index (χ4v) is 1.98. The molecule has 0 amide bonds. The van der Waals surface area contributed by atoms with E-state index in [0.717, 1.165) is 0 Å². The largest absolute Gasteiger partial charge is 0.396 e. The van der Waals surface area contributed by atoms with E-state index >= 15 is 0 Å². The molecule has 1 aromatic rings. The molecule has 2 nitrogen and oxygen atoms in total. The van der Waals surface area contributed by atoms with Crippen molar-refractivity contribution in [3.05, 3.63) is 27.7 Å². The average molecular weight is 301 g/mol. The lowest BCUT2D eigenvalue weighted by Crippen LogP contribution is -2.30. The van der Waals surface area contributed by atoms with Crippen molar-refractivity contribution in [2.75, 3.05) is 5.73 Å². The highest BCUT2D eigenvalue weighted by Gasteiger charge is 2.29. The highest BCUT2D eigenvalue weighted by Crippen LogP contribution is 2.29. The van der Waals surface area contributed by atoms with Crippen molar-refractivity contribution >= 4 is 28.9 Å². The van der Waals surface area contributed by atoms with Gasteiger partial charge in [0.05, 0.1) is 22.2 Å². The molecule has 0 aliphatic carbocycles. The van der Waals surface area contributed by atoms with E-state index in [1.165, 1.54) is 6.92 Å². The normalized spacial score (nSPS) is 13.7. The van der Waals surface area contributed by atoms with Gasteiger partial charge in [0.15, 0.2) is 0 Å². The summed E-state index contributed by atoms with van der Waals surface area (Å²) in [5, 5.41) is 3.34. The van der Waals surface area contributed by atoms with Gasteiger partial charge in [-0.2, -0.15) is 13.2 Å². The highest BCUT2D eigenvalue weighted by molar-refractivity contribution is 6.38. The van der Waals surface area contributed by atoms with Crippen molar-refractivity contribution in [2.45, 2.75) is 32.1 Å². The molecule has 1 atom stereocenters. The van der Waals surface area contributed by atoms with Crippen LogP contribution in [0.5, 0.6) is 0 Å². The third kappa shape index (κ3) is 4.92. The number of halogens is 5. The van der Waals surface area contributed by atoms with Gasteiger partial charge >= 0.3 is 6.18 Å². The van der Waals surface area contributed by atoms with Crippen LogP contribution in [0, 0.1) is 0 Å². The SMILES string of the molecule is CC(CC(F)(F)F)NCc1cc(Cl)c(N)c(Cl)c1. The minimum absolute atomic E-state index is 0.247. The van der Waals surface area contributed by atoms with Crippen molar-refractivity contribution in [2.24, 2.45) is 0 Å². The Morgan fingerprint density at radius 3 is 2.22 bits per heavy atom. The Morgan fingerprint density at radius 1 is 1.28 bits per heavy atom. The standard InChI is InChI=1S/C11H13Cl2F3N2/c1-6(4-11(14,15)16)18-5-7-2-8(12)10(17)9(13)3-7/h2-3,6,18H,4-5,17H2,1H3. The second-order valence-corrected chi connectivity index (χ2v) is 4.89. The van der Waals surface area contributed by atoms with E-state index in [0.29, 0.717) is 15.6 Å². The summed E-state index contributed by atoms with van der Waals surface area (Å²) in [4.78, 5) is 0. The van der Waals surface area contributed by atoms with Crippen LogP contribution < -0.4 is 11.1 Å². The van der Waals surface area contributed by atoms with Crippen LogP contribution in [0.1, 0.15) is 18.9 Å². The lowest BCUT2D eigenvalue weighted by molar-refractivity contribution is -0.139. The summed E-state index contributed by atoms with van der Waals surface area (Å²) in [6, 6.07) is 2.48. The van der Waals surface area contributed by atoms with Crippen LogP contribution in [0.3, 0.4) is 0 Å². The molecule has 7 heteroatoms. The van der Waals surface area contributed by atoms with Gasteiger partial charge in [-0.3, -0.25) is 0 Å². The first-order valence-electron chi connectivity index (χ1n) is 5.22. The second-order valence-electron chi connectivity index (χ2n) is 4.07. The van der Waals surface area contributed by atoms with Crippen LogP contribution >= 0.6 is 23.2 Å². The Hall–Kier alpha value is -0.650. The molecule has 3 N–H and O–H groups in total. The molecule has 18 heavy (non-hydrogen) atoms. The Morgan fingerprint density at radius 2 is 1.78 bits per heavy atom. The van der Waals surface area contributed by atoms with E-state index in [2.05, 4.69) is 5.32 Å². The molecule has 1 rings (SSSR count). The summed E-state index contributed by atoms with van der Waals surface area (Å²) >= 11 is 11.6. The lowest BCUT2D eigenvalue weighted by atomic mass is 10.1. The predicted molar refractivity (Wildman–Crippen MR) is 67.8 cm³/mol. The number of anilines is 1. The first-order valence-corrected chi connectivity index (χ1v) is 5.98. The molecule has 102 valence electrons. The van der Waals surface area contributed by atoms with Crippen LogP contribution in [-0.2, 0) is 6.54 Å². The quantitative estimate of drug-likeness (QED) is 0.825. The molecule has 0 radical (unpaired) electrons. The fourth-order valence-electron chi connectivity index (χ4n) is 1.45. The molecule has 0 aliphatic rings. The van der Waals surface area contributed by atoms with Crippen molar-refractivity contribution in [3.8, 4) is 0 Å². The van der Waals surface area contributed by atoms with E-state index in [-0.39, 0.29) is 12.2 Å². The smallest absolute Gasteiger partial charge is 0.390 e. The Kier molecular flexibility index (Phi) is 5.13. The van der Waals surface area contributed by atoms with Gasteiger partial charge in [0, 0.05) is 12.6 Å². The van der Waals surface area contributed by atoms with Crippen LogP contribution in [0.15, 0.2) is 12.1 Å². The van der Waals surface area contributed by atoms with Gasteiger partial charge in [-0.05, 0) is 24.6 Å². The summed E-state index contributed by atoms with van der Waals surface area (Å²) in [5.41, 5.74) is 6.51. The van der Waals surface area contributed by atoms with Crippen molar-refractivity contribution < 1.29 is 13.2 Å². The molecule has 1 unspecified atom stereocenters. The summed E-state index contributed by atoms with van der Waals surface area (Å²) in [5.74, 6) is 0. The number of nitrogens with two attached hydrogens (primary N) is 1. The molecular weight excluding hydrogens is 288 g/mol. The van der Waals surface area contributed by atoms with Crippen LogP contribution in [0.4, 0.5) is 18.9 Å². The molecule has 0 heterocycles. The Bertz CT molecular complexity index is 398. The van der Waals surface area contributed by atoms with Gasteiger partial charge in [0.1, 0.15) is 0 Å². The van der Waals surface area contributed by atoms with Crippen molar-refractivity contribution in [3.63, 3.8) is 0 Å². The van der Waals surface area contributed by atoms with Gasteiger partial charge in [0.2, 0.25) is 0 Å². The van der Waals surface area contributed by atoms with Gasteiger partial charge in [-0.25, -0.2) is 0 Å². The molecule has 0 saturated heterocycles. The van der Waals surface area contributed by atoms with Crippen LogP contribution in [0.2, 0.25) is 10.0 Å². The number of nitrogens with one attached hydrogen (secondary N) is 1. The van der Waals surface area contributed by atoms with E-state index in [9.17, 15) is 13.2 Å². The minimum atomic E-state index is -4.18. The lowest BCUT2D eigenvalue weighted by Gasteiger charge is -2.16. The first-order chi connectivity index (χ1) is 8.19. The van der Waals surface area contributed by atoms with Gasteiger partial charge < -0.3 is 11.1 Å². The molecule has 0 aromatic heterocycles. The maximum Gasteiger partial charge on any atom is 0.390 e. The average Bonchev–Trinajstić information content (AvgIpc) is 2.20. The van der Waals surface area contributed by atoms with Gasteiger partial charge in [-0.1, -0.05) is 23.2 Å². The zero-order valence-corrected chi connectivity index (χ0v) is 11.1. The predicted octanol–water partition coefficient (Wildman–Crippen LogP) is 4.01. The first kappa shape index (κ1) is 15.4. The molecule has 0 aliphatic heterocycles. The molecule has 0 bridgehead atoms. The minimum Gasteiger partial charge on any atom is -0.396 e. The summed E-state index contributed by atoms with van der Waals surface area (Å²) in [6.07, 6.45) is -5.06. The summed E-state index contributed by atoms with van der Waals surface area (Å²) < 4.78 is 36.3. The zero-order chi connectivity index (χ0) is 13.9. The van der Waals surface area contributed by atoms with Gasteiger partial charge in [0.25, 0.3) is 0 Å². The summed E-state index contributed by atoms with van der Waals surface area (Å²) in [7, 11) is 0. The second kappa shape index (κ2) is 5.99. The third-order valence-corrected chi connectivity index (χ3v) is 2.96. The Balaban J connectivity index is 2.59. The monoisotopic (exact) mass is 300 g/mol. The van der Waals surface area contributed by atoms with Crippen molar-refractivity contribution in [1.82, 2.24) is 5.32 Å². The number of benzene rings is 1. The maximum absolute atomic E-state index is 12.1. The number of rotatable bonds is 4. The van der Waals surface area contributed by atoms with E-state index in [4.69, 9.17) is 28.9 Å².